The molecule has 0 spiro atoms. The quantitative estimate of drug-likeness (QED) is 0.857. The molecule has 2 atom stereocenters. The summed E-state index contributed by atoms with van der Waals surface area (Å²) < 4.78 is 5.85. The molecular weight excluding hydrogens is 264 g/mol. The van der Waals surface area contributed by atoms with Crippen molar-refractivity contribution in [1.82, 2.24) is 14.8 Å². The van der Waals surface area contributed by atoms with Gasteiger partial charge in [0.25, 0.3) is 0 Å². The molecular formula is C16H22N4O. The van der Waals surface area contributed by atoms with Crippen LogP contribution >= 0.6 is 0 Å². The fourth-order valence-electron chi connectivity index (χ4n) is 3.80. The molecule has 21 heavy (non-hydrogen) atoms. The van der Waals surface area contributed by atoms with Gasteiger partial charge in [-0.1, -0.05) is 6.07 Å². The Bertz CT molecular complexity index is 653. The molecule has 1 aromatic carbocycles. The van der Waals surface area contributed by atoms with Gasteiger partial charge in [0, 0.05) is 25.2 Å². The topological polar surface area (TPSA) is 58.5 Å². The maximum Gasteiger partial charge on any atom is 0.209 e. The zero-order chi connectivity index (χ0) is 14.4. The predicted molar refractivity (Wildman–Crippen MR) is 82.9 cm³/mol. The molecule has 2 saturated heterocycles. The van der Waals surface area contributed by atoms with Crippen LogP contribution < -0.4 is 5.73 Å². The summed E-state index contributed by atoms with van der Waals surface area (Å²) in [4.78, 5) is 9.60. The summed E-state index contributed by atoms with van der Waals surface area (Å²) >= 11 is 0. The Balaban J connectivity index is 1.53. The first kappa shape index (κ1) is 13.1. The minimum Gasteiger partial charge on any atom is -0.439 e. The van der Waals surface area contributed by atoms with Crippen LogP contribution in [0.1, 0.15) is 25.2 Å². The average Bonchev–Trinajstić information content (AvgIpc) is 2.96. The number of nitrogen functional groups attached to an aromatic ring is 1. The molecule has 4 rings (SSSR count). The zero-order valence-corrected chi connectivity index (χ0v) is 12.5. The number of fused-ring (bicyclic) bond motifs is 3. The van der Waals surface area contributed by atoms with Crippen molar-refractivity contribution in [3.63, 3.8) is 0 Å². The van der Waals surface area contributed by atoms with Gasteiger partial charge in [0.2, 0.25) is 5.89 Å². The van der Waals surface area contributed by atoms with Crippen molar-refractivity contribution < 1.29 is 4.42 Å². The average molecular weight is 286 g/mol. The molecule has 2 fully saturated rings. The third-order valence-electron chi connectivity index (χ3n) is 5.09. The maximum absolute atomic E-state index is 5.95. The number of benzene rings is 1. The lowest BCUT2D eigenvalue weighted by Crippen LogP contribution is -2.36. The van der Waals surface area contributed by atoms with Gasteiger partial charge >= 0.3 is 0 Å². The standard InChI is InChI=1S/C16H22N4O/c1-19-11-5-6-12(19)9-20(8-7-11)10-15-18-16-13(17)3-2-4-14(16)21-15/h2-4,11-12H,5-10,17H2,1H3. The first-order chi connectivity index (χ1) is 10.2. The van der Waals surface area contributed by atoms with Crippen LogP contribution in [0.5, 0.6) is 0 Å². The van der Waals surface area contributed by atoms with Crippen LogP contribution in [0.4, 0.5) is 5.69 Å². The SMILES string of the molecule is CN1C2CCC1CN(Cc1nc3c(N)cccc3o1)CC2. The van der Waals surface area contributed by atoms with Crippen LogP contribution in [-0.4, -0.2) is 47.0 Å². The van der Waals surface area contributed by atoms with Gasteiger partial charge in [-0.25, -0.2) is 4.98 Å². The Morgan fingerprint density at radius 2 is 2.14 bits per heavy atom. The van der Waals surface area contributed by atoms with Crippen LogP contribution in [0, 0.1) is 0 Å². The number of likely N-dealkylation sites (tertiary alicyclic amines) is 1. The number of hydrogen-bond donors (Lipinski definition) is 1. The predicted octanol–water partition coefficient (Wildman–Crippen LogP) is 2.08. The third-order valence-corrected chi connectivity index (χ3v) is 5.09. The number of nitrogens with zero attached hydrogens (tertiary/aromatic N) is 3. The van der Waals surface area contributed by atoms with E-state index in [0.29, 0.717) is 11.7 Å². The van der Waals surface area contributed by atoms with Gasteiger partial charge in [0.05, 0.1) is 12.2 Å². The lowest BCUT2D eigenvalue weighted by atomic mass is 10.1. The maximum atomic E-state index is 5.95. The number of rotatable bonds is 2. The van der Waals surface area contributed by atoms with Gasteiger partial charge in [0.1, 0.15) is 5.52 Å². The molecule has 2 aliphatic heterocycles. The number of anilines is 1. The second kappa shape index (κ2) is 5.00. The molecule has 1 aromatic heterocycles. The first-order valence-corrected chi connectivity index (χ1v) is 7.79. The Kier molecular flexibility index (Phi) is 3.12. The van der Waals surface area contributed by atoms with Gasteiger partial charge in [-0.2, -0.15) is 0 Å². The van der Waals surface area contributed by atoms with Crippen LogP contribution in [0.25, 0.3) is 11.1 Å². The molecule has 3 heterocycles. The Morgan fingerprint density at radius 3 is 3.00 bits per heavy atom. The highest BCUT2D eigenvalue weighted by molar-refractivity contribution is 5.85. The van der Waals surface area contributed by atoms with E-state index in [-0.39, 0.29) is 0 Å². The van der Waals surface area contributed by atoms with E-state index in [1.807, 2.05) is 18.2 Å². The van der Waals surface area contributed by atoms with E-state index < -0.39 is 0 Å². The largest absolute Gasteiger partial charge is 0.439 e. The highest BCUT2D eigenvalue weighted by atomic mass is 16.3. The molecule has 5 nitrogen and oxygen atoms in total. The van der Waals surface area contributed by atoms with E-state index in [1.165, 1.54) is 19.3 Å². The van der Waals surface area contributed by atoms with Crippen LogP contribution in [0.3, 0.4) is 0 Å². The highest BCUT2D eigenvalue weighted by Crippen LogP contribution is 2.29. The van der Waals surface area contributed by atoms with Crippen LogP contribution in [-0.2, 0) is 6.54 Å². The molecule has 0 radical (unpaired) electrons. The molecule has 2 N–H and O–H groups in total. The van der Waals surface area contributed by atoms with Gasteiger partial charge in [-0.15, -0.1) is 0 Å². The summed E-state index contributed by atoms with van der Waals surface area (Å²) in [5.41, 5.74) is 8.23. The van der Waals surface area contributed by atoms with E-state index in [4.69, 9.17) is 10.2 Å². The fraction of sp³-hybridized carbons (Fsp3) is 0.562. The summed E-state index contributed by atoms with van der Waals surface area (Å²) in [5.74, 6) is 0.781. The fourth-order valence-corrected chi connectivity index (χ4v) is 3.80. The van der Waals surface area contributed by atoms with Gasteiger partial charge < -0.3 is 10.2 Å². The zero-order valence-electron chi connectivity index (χ0n) is 12.5. The number of hydrogen-bond acceptors (Lipinski definition) is 5. The lowest BCUT2D eigenvalue weighted by Gasteiger charge is -2.24. The van der Waals surface area contributed by atoms with E-state index >= 15 is 0 Å². The highest BCUT2D eigenvalue weighted by Gasteiger charge is 2.34. The van der Waals surface area contributed by atoms with Gasteiger partial charge in [0.15, 0.2) is 5.58 Å². The second-order valence-electron chi connectivity index (χ2n) is 6.38. The number of para-hydroxylation sites is 1. The van der Waals surface area contributed by atoms with Crippen molar-refractivity contribution in [3.8, 4) is 0 Å². The number of likely N-dealkylation sites (N-methyl/N-ethyl adjacent to an activating group) is 1. The summed E-state index contributed by atoms with van der Waals surface area (Å²) in [7, 11) is 2.27. The Morgan fingerprint density at radius 1 is 1.29 bits per heavy atom. The molecule has 112 valence electrons. The van der Waals surface area contributed by atoms with Gasteiger partial charge in [-0.05, 0) is 38.4 Å². The van der Waals surface area contributed by atoms with Crippen LogP contribution in [0.15, 0.2) is 22.6 Å². The second-order valence-corrected chi connectivity index (χ2v) is 6.38. The normalized spacial score (nSPS) is 27.3. The molecule has 2 bridgehead atoms. The third kappa shape index (κ3) is 2.30. The van der Waals surface area contributed by atoms with E-state index in [9.17, 15) is 0 Å². The van der Waals surface area contributed by atoms with Crippen molar-refractivity contribution in [2.45, 2.75) is 37.9 Å². The lowest BCUT2D eigenvalue weighted by molar-refractivity contribution is 0.203. The monoisotopic (exact) mass is 286 g/mol. The minimum absolute atomic E-state index is 0.687. The molecule has 0 aliphatic carbocycles. The molecule has 0 saturated carbocycles. The van der Waals surface area contributed by atoms with Crippen molar-refractivity contribution in [1.29, 1.82) is 0 Å². The summed E-state index contributed by atoms with van der Waals surface area (Å²) in [6.45, 7) is 3.02. The van der Waals surface area contributed by atoms with Gasteiger partial charge in [-0.3, -0.25) is 9.80 Å². The van der Waals surface area contributed by atoms with E-state index in [1.54, 1.807) is 0 Å². The molecule has 0 amide bonds. The Hall–Kier alpha value is -1.59. The van der Waals surface area contributed by atoms with Crippen molar-refractivity contribution in [2.75, 3.05) is 25.9 Å². The number of nitrogens with two attached hydrogens (primary N) is 1. The van der Waals surface area contributed by atoms with Crippen molar-refractivity contribution in [3.05, 3.63) is 24.1 Å². The van der Waals surface area contributed by atoms with Crippen LogP contribution in [0.2, 0.25) is 0 Å². The summed E-state index contributed by atoms with van der Waals surface area (Å²) in [5, 5.41) is 0. The first-order valence-electron chi connectivity index (χ1n) is 7.79. The van der Waals surface area contributed by atoms with E-state index in [2.05, 4.69) is 21.8 Å². The molecule has 5 heteroatoms. The van der Waals surface area contributed by atoms with Crippen molar-refractivity contribution >= 4 is 16.8 Å². The molecule has 2 aromatic rings. The Labute approximate surface area is 124 Å². The smallest absolute Gasteiger partial charge is 0.209 e. The molecule has 2 unspecified atom stereocenters. The van der Waals surface area contributed by atoms with E-state index in [0.717, 1.165) is 42.7 Å². The number of oxazole rings is 1. The summed E-state index contributed by atoms with van der Waals surface area (Å²) in [6, 6.07) is 7.16. The van der Waals surface area contributed by atoms with Crippen molar-refractivity contribution in [2.24, 2.45) is 0 Å². The number of aromatic nitrogens is 1. The summed E-state index contributed by atoms with van der Waals surface area (Å²) in [6.07, 6.45) is 3.92. The molecule has 2 aliphatic rings. The minimum atomic E-state index is 0.687.